The summed E-state index contributed by atoms with van der Waals surface area (Å²) in [6.07, 6.45) is 0.00813. The molecule has 1 aromatic carbocycles. The molecule has 1 amide bonds. The van der Waals surface area contributed by atoms with Crippen LogP contribution >= 0.6 is 11.3 Å². The number of carboxylic acid groups (broad SMARTS) is 1. The van der Waals surface area contributed by atoms with E-state index in [-0.39, 0.29) is 12.2 Å². The third-order valence-electron chi connectivity index (χ3n) is 2.71. The summed E-state index contributed by atoms with van der Waals surface area (Å²) < 4.78 is 12.7. The molecule has 4 nitrogen and oxygen atoms in total. The molecular weight excluding hydrogens is 281 g/mol. The quantitative estimate of drug-likeness (QED) is 0.889. The maximum Gasteiger partial charge on any atom is 0.330 e. The van der Waals surface area contributed by atoms with Gasteiger partial charge in [0.2, 0.25) is 5.91 Å². The molecular formula is C14H12FNO3S. The van der Waals surface area contributed by atoms with Crippen molar-refractivity contribution in [3.8, 4) is 0 Å². The molecule has 2 N–H and O–H groups in total. The second kappa shape index (κ2) is 6.29. The number of amides is 1. The number of aliphatic carboxylic acids is 1. The van der Waals surface area contributed by atoms with Crippen LogP contribution in [0.25, 0.3) is 0 Å². The average molecular weight is 293 g/mol. The second-order valence-corrected chi connectivity index (χ2v) is 4.98. The standard InChI is InChI=1S/C14H12FNO3S/c15-11-3-1-9(2-4-11)7-12(17)16-13(14(18)19)10-5-6-20-8-10/h1-6,8,13H,7H2,(H,16,17)(H,18,19). The summed E-state index contributed by atoms with van der Waals surface area (Å²) in [5.41, 5.74) is 1.16. The molecule has 0 fully saturated rings. The SMILES string of the molecule is O=C(Cc1ccc(F)cc1)NC(C(=O)O)c1ccsc1. The molecule has 0 aliphatic rings. The fourth-order valence-corrected chi connectivity index (χ4v) is 2.41. The van der Waals surface area contributed by atoms with Crippen molar-refractivity contribution < 1.29 is 19.1 Å². The van der Waals surface area contributed by atoms with E-state index in [1.54, 1.807) is 16.8 Å². The number of rotatable bonds is 5. The number of thiophene rings is 1. The molecule has 2 rings (SSSR count). The largest absolute Gasteiger partial charge is 0.479 e. The zero-order valence-corrected chi connectivity index (χ0v) is 11.2. The zero-order chi connectivity index (χ0) is 14.5. The first-order valence-corrected chi connectivity index (χ1v) is 6.79. The average Bonchev–Trinajstić information content (AvgIpc) is 2.92. The van der Waals surface area contributed by atoms with Gasteiger partial charge in [0.1, 0.15) is 5.82 Å². The van der Waals surface area contributed by atoms with Crippen LogP contribution in [0.2, 0.25) is 0 Å². The molecule has 0 radical (unpaired) electrons. The number of nitrogens with one attached hydrogen (secondary N) is 1. The van der Waals surface area contributed by atoms with Crippen LogP contribution in [-0.4, -0.2) is 17.0 Å². The number of hydrogen-bond donors (Lipinski definition) is 2. The number of carboxylic acids is 1. The minimum absolute atomic E-state index is 0.00813. The van der Waals surface area contributed by atoms with Crippen molar-refractivity contribution in [2.45, 2.75) is 12.5 Å². The Morgan fingerprint density at radius 2 is 1.95 bits per heavy atom. The molecule has 104 valence electrons. The Hall–Kier alpha value is -2.21. The van der Waals surface area contributed by atoms with Gasteiger partial charge >= 0.3 is 5.97 Å². The summed E-state index contributed by atoms with van der Waals surface area (Å²) in [5, 5.41) is 15.0. The lowest BCUT2D eigenvalue weighted by Gasteiger charge is -2.13. The molecule has 1 atom stereocenters. The van der Waals surface area contributed by atoms with Crippen molar-refractivity contribution in [1.82, 2.24) is 5.32 Å². The molecule has 1 unspecified atom stereocenters. The number of halogens is 1. The minimum Gasteiger partial charge on any atom is -0.479 e. The maximum absolute atomic E-state index is 12.7. The fraction of sp³-hybridized carbons (Fsp3) is 0.143. The topological polar surface area (TPSA) is 66.4 Å². The molecule has 1 aromatic heterocycles. The Kier molecular flexibility index (Phi) is 4.47. The number of hydrogen-bond acceptors (Lipinski definition) is 3. The Morgan fingerprint density at radius 3 is 2.50 bits per heavy atom. The number of carbonyl (C=O) groups excluding carboxylic acids is 1. The molecule has 2 aromatic rings. The van der Waals surface area contributed by atoms with Crippen LogP contribution in [0.15, 0.2) is 41.1 Å². The highest BCUT2D eigenvalue weighted by Gasteiger charge is 2.22. The van der Waals surface area contributed by atoms with Crippen molar-refractivity contribution in [2.75, 3.05) is 0 Å². The fourth-order valence-electron chi connectivity index (χ4n) is 1.73. The molecule has 20 heavy (non-hydrogen) atoms. The monoisotopic (exact) mass is 293 g/mol. The summed E-state index contributed by atoms with van der Waals surface area (Å²) >= 11 is 1.36. The van der Waals surface area contributed by atoms with Gasteiger partial charge < -0.3 is 10.4 Å². The lowest BCUT2D eigenvalue weighted by Crippen LogP contribution is -2.34. The molecule has 0 aliphatic heterocycles. The van der Waals surface area contributed by atoms with E-state index >= 15 is 0 Å². The van der Waals surface area contributed by atoms with Crippen molar-refractivity contribution in [1.29, 1.82) is 0 Å². The lowest BCUT2D eigenvalue weighted by molar-refractivity contribution is -0.141. The maximum atomic E-state index is 12.7. The first-order valence-electron chi connectivity index (χ1n) is 5.85. The van der Waals surface area contributed by atoms with E-state index in [1.165, 1.54) is 35.6 Å². The predicted molar refractivity (Wildman–Crippen MR) is 72.9 cm³/mol. The van der Waals surface area contributed by atoms with Gasteiger partial charge in [0, 0.05) is 0 Å². The van der Waals surface area contributed by atoms with Gasteiger partial charge in [-0.3, -0.25) is 4.79 Å². The molecule has 0 spiro atoms. The van der Waals surface area contributed by atoms with Crippen LogP contribution in [0, 0.1) is 5.82 Å². The predicted octanol–water partition coefficient (Wildman–Crippen LogP) is 2.37. The summed E-state index contributed by atoms with van der Waals surface area (Å²) in [7, 11) is 0. The van der Waals surface area contributed by atoms with Crippen LogP contribution in [0.5, 0.6) is 0 Å². The van der Waals surface area contributed by atoms with Gasteiger partial charge in [0.25, 0.3) is 0 Å². The van der Waals surface area contributed by atoms with Crippen LogP contribution in [0.1, 0.15) is 17.2 Å². The van der Waals surface area contributed by atoms with E-state index in [9.17, 15) is 14.0 Å². The molecule has 6 heteroatoms. The Balaban J connectivity index is 2.02. The molecule has 0 bridgehead atoms. The van der Waals surface area contributed by atoms with Gasteiger partial charge in [-0.2, -0.15) is 11.3 Å². The van der Waals surface area contributed by atoms with Crippen molar-refractivity contribution in [3.63, 3.8) is 0 Å². The van der Waals surface area contributed by atoms with Gasteiger partial charge in [-0.15, -0.1) is 0 Å². The lowest BCUT2D eigenvalue weighted by atomic mass is 10.1. The van der Waals surface area contributed by atoms with Gasteiger partial charge in [-0.25, -0.2) is 9.18 Å². The Bertz CT molecular complexity index is 595. The van der Waals surface area contributed by atoms with Crippen molar-refractivity contribution >= 4 is 23.2 Å². The highest BCUT2D eigenvalue weighted by Crippen LogP contribution is 2.17. The van der Waals surface area contributed by atoms with Crippen LogP contribution in [0.4, 0.5) is 4.39 Å². The highest BCUT2D eigenvalue weighted by atomic mass is 32.1. The first-order chi connectivity index (χ1) is 9.56. The van der Waals surface area contributed by atoms with E-state index in [0.717, 1.165) is 0 Å². The van der Waals surface area contributed by atoms with Gasteiger partial charge in [-0.05, 0) is 40.1 Å². The second-order valence-electron chi connectivity index (χ2n) is 4.20. The number of benzene rings is 1. The van der Waals surface area contributed by atoms with E-state index < -0.39 is 17.9 Å². The Morgan fingerprint density at radius 1 is 1.25 bits per heavy atom. The molecule has 1 heterocycles. The highest BCUT2D eigenvalue weighted by molar-refractivity contribution is 7.08. The Labute approximate surface area is 118 Å². The van der Waals surface area contributed by atoms with E-state index in [2.05, 4.69) is 5.32 Å². The van der Waals surface area contributed by atoms with E-state index in [0.29, 0.717) is 11.1 Å². The van der Waals surface area contributed by atoms with Crippen LogP contribution in [-0.2, 0) is 16.0 Å². The first kappa shape index (κ1) is 14.2. The normalized spacial score (nSPS) is 11.8. The van der Waals surface area contributed by atoms with Gasteiger partial charge in [0.15, 0.2) is 6.04 Å². The zero-order valence-electron chi connectivity index (χ0n) is 10.4. The molecule has 0 aliphatic carbocycles. The minimum atomic E-state index is -1.11. The summed E-state index contributed by atoms with van der Waals surface area (Å²) in [5.74, 6) is -1.91. The van der Waals surface area contributed by atoms with E-state index in [1.807, 2.05) is 0 Å². The number of carbonyl (C=O) groups is 2. The third-order valence-corrected chi connectivity index (χ3v) is 3.41. The summed E-state index contributed by atoms with van der Waals surface area (Å²) in [6, 6.07) is 6.10. The van der Waals surface area contributed by atoms with Crippen molar-refractivity contribution in [3.05, 3.63) is 58.0 Å². The van der Waals surface area contributed by atoms with Crippen molar-refractivity contribution in [2.24, 2.45) is 0 Å². The smallest absolute Gasteiger partial charge is 0.330 e. The van der Waals surface area contributed by atoms with Gasteiger partial charge in [0.05, 0.1) is 6.42 Å². The molecule has 0 saturated carbocycles. The van der Waals surface area contributed by atoms with Crippen LogP contribution in [0.3, 0.4) is 0 Å². The summed E-state index contributed by atoms with van der Waals surface area (Å²) in [6.45, 7) is 0. The van der Waals surface area contributed by atoms with Gasteiger partial charge in [-0.1, -0.05) is 12.1 Å². The third kappa shape index (κ3) is 3.64. The van der Waals surface area contributed by atoms with Crippen LogP contribution < -0.4 is 5.32 Å². The van der Waals surface area contributed by atoms with E-state index in [4.69, 9.17) is 5.11 Å². The summed E-state index contributed by atoms with van der Waals surface area (Å²) in [4.78, 5) is 23.0. The molecule has 0 saturated heterocycles.